The van der Waals surface area contributed by atoms with Gasteiger partial charge in [0.05, 0.1) is 0 Å². The van der Waals surface area contributed by atoms with E-state index in [9.17, 15) is 9.59 Å². The van der Waals surface area contributed by atoms with Crippen LogP contribution in [0.5, 0.6) is 0 Å². The number of rotatable bonds is 4. The summed E-state index contributed by atoms with van der Waals surface area (Å²) in [4.78, 5) is 22.8. The van der Waals surface area contributed by atoms with Crippen molar-refractivity contribution in [3.05, 3.63) is 0 Å². The Labute approximate surface area is 108 Å². The van der Waals surface area contributed by atoms with Crippen LogP contribution in [-0.4, -0.2) is 30.4 Å². The van der Waals surface area contributed by atoms with Gasteiger partial charge in [0, 0.05) is 31.5 Å². The lowest BCUT2D eigenvalue weighted by Crippen LogP contribution is -2.41. The van der Waals surface area contributed by atoms with Crippen LogP contribution in [0.1, 0.15) is 44.9 Å². The van der Waals surface area contributed by atoms with Crippen LogP contribution in [0, 0.1) is 5.92 Å². The van der Waals surface area contributed by atoms with Crippen LogP contribution in [0.3, 0.4) is 0 Å². The van der Waals surface area contributed by atoms with Gasteiger partial charge in [0.2, 0.25) is 11.8 Å². The number of carbonyl (C=O) groups excluding carboxylic acids is 2. The Bertz CT molecular complexity index is 319. The maximum atomic E-state index is 11.8. The number of amides is 2. The van der Waals surface area contributed by atoms with E-state index in [2.05, 4.69) is 10.6 Å². The smallest absolute Gasteiger partial charge is 0.220 e. The molecule has 3 atom stereocenters. The molecular weight excluding hydrogens is 230 g/mol. The maximum absolute atomic E-state index is 11.8. The van der Waals surface area contributed by atoms with E-state index in [1.807, 2.05) is 0 Å². The van der Waals surface area contributed by atoms with Gasteiger partial charge in [0.15, 0.2) is 0 Å². The fourth-order valence-electron chi connectivity index (χ4n) is 2.87. The quantitative estimate of drug-likeness (QED) is 0.673. The highest BCUT2D eigenvalue weighted by molar-refractivity contribution is 5.79. The summed E-state index contributed by atoms with van der Waals surface area (Å²) in [5, 5.41) is 5.75. The number of hydrogen-bond acceptors (Lipinski definition) is 3. The minimum Gasteiger partial charge on any atom is -0.354 e. The van der Waals surface area contributed by atoms with Gasteiger partial charge in [-0.05, 0) is 25.2 Å². The first-order valence-electron chi connectivity index (χ1n) is 6.97. The first kappa shape index (κ1) is 13.3. The topological polar surface area (TPSA) is 84.2 Å². The Morgan fingerprint density at radius 2 is 2.11 bits per heavy atom. The third kappa shape index (κ3) is 3.70. The van der Waals surface area contributed by atoms with E-state index in [1.54, 1.807) is 0 Å². The van der Waals surface area contributed by atoms with Gasteiger partial charge in [-0.15, -0.1) is 0 Å². The van der Waals surface area contributed by atoms with E-state index < -0.39 is 0 Å². The van der Waals surface area contributed by atoms with Crippen LogP contribution in [-0.2, 0) is 9.59 Å². The predicted molar refractivity (Wildman–Crippen MR) is 68.7 cm³/mol. The third-order valence-corrected chi connectivity index (χ3v) is 4.05. The van der Waals surface area contributed by atoms with E-state index in [0.717, 1.165) is 19.3 Å². The Kier molecular flexibility index (Phi) is 4.58. The molecule has 1 saturated heterocycles. The molecule has 1 aliphatic heterocycles. The second-order valence-electron chi connectivity index (χ2n) is 5.52. The van der Waals surface area contributed by atoms with Crippen LogP contribution in [0.4, 0.5) is 0 Å². The number of hydrogen-bond donors (Lipinski definition) is 3. The first-order chi connectivity index (χ1) is 8.65. The first-order valence-corrected chi connectivity index (χ1v) is 6.97. The summed E-state index contributed by atoms with van der Waals surface area (Å²) in [7, 11) is 0. The van der Waals surface area contributed by atoms with E-state index in [0.29, 0.717) is 25.3 Å². The molecule has 5 nitrogen and oxygen atoms in total. The molecular formula is C13H23N3O2. The molecule has 1 aliphatic carbocycles. The molecule has 2 rings (SSSR count). The molecule has 3 unspecified atom stereocenters. The fourth-order valence-corrected chi connectivity index (χ4v) is 2.87. The number of carbonyl (C=O) groups is 2. The molecule has 0 aromatic heterocycles. The molecule has 0 aromatic rings. The van der Waals surface area contributed by atoms with Crippen molar-refractivity contribution in [2.45, 2.75) is 57.0 Å². The van der Waals surface area contributed by atoms with Crippen LogP contribution in [0.15, 0.2) is 0 Å². The molecule has 0 radical (unpaired) electrons. The van der Waals surface area contributed by atoms with E-state index in [1.165, 1.54) is 12.8 Å². The summed E-state index contributed by atoms with van der Waals surface area (Å²) in [5.41, 5.74) is 6.03. The zero-order chi connectivity index (χ0) is 13.0. The van der Waals surface area contributed by atoms with Crippen molar-refractivity contribution in [2.24, 2.45) is 11.7 Å². The van der Waals surface area contributed by atoms with Crippen LogP contribution >= 0.6 is 0 Å². The SMILES string of the molecule is NC1CCCCC1CC(=O)NCC1CCC(=O)N1. The van der Waals surface area contributed by atoms with Gasteiger partial charge in [-0.2, -0.15) is 0 Å². The van der Waals surface area contributed by atoms with Crippen LogP contribution in [0.2, 0.25) is 0 Å². The third-order valence-electron chi connectivity index (χ3n) is 4.05. The van der Waals surface area contributed by atoms with Gasteiger partial charge in [0.25, 0.3) is 0 Å². The average Bonchev–Trinajstić information content (AvgIpc) is 2.76. The van der Waals surface area contributed by atoms with Crippen molar-refractivity contribution >= 4 is 11.8 Å². The van der Waals surface area contributed by atoms with Gasteiger partial charge < -0.3 is 16.4 Å². The molecule has 0 spiro atoms. The van der Waals surface area contributed by atoms with Crippen molar-refractivity contribution in [1.29, 1.82) is 0 Å². The van der Waals surface area contributed by atoms with Crippen LogP contribution < -0.4 is 16.4 Å². The van der Waals surface area contributed by atoms with Crippen LogP contribution in [0.25, 0.3) is 0 Å². The summed E-state index contributed by atoms with van der Waals surface area (Å²) >= 11 is 0. The van der Waals surface area contributed by atoms with Crippen molar-refractivity contribution in [3.8, 4) is 0 Å². The van der Waals surface area contributed by atoms with Gasteiger partial charge >= 0.3 is 0 Å². The molecule has 1 heterocycles. The lowest BCUT2D eigenvalue weighted by atomic mass is 9.83. The Morgan fingerprint density at radius 1 is 1.33 bits per heavy atom. The number of nitrogens with one attached hydrogen (secondary N) is 2. The molecule has 18 heavy (non-hydrogen) atoms. The molecule has 1 saturated carbocycles. The van der Waals surface area contributed by atoms with Gasteiger partial charge in [-0.3, -0.25) is 9.59 Å². The summed E-state index contributed by atoms with van der Waals surface area (Å²) in [5.74, 6) is 0.485. The molecule has 2 fully saturated rings. The van der Waals surface area contributed by atoms with Gasteiger partial charge in [0.1, 0.15) is 0 Å². The fraction of sp³-hybridized carbons (Fsp3) is 0.846. The normalized spacial score (nSPS) is 32.1. The minimum absolute atomic E-state index is 0.0681. The summed E-state index contributed by atoms with van der Waals surface area (Å²) in [6, 6.07) is 0.289. The van der Waals surface area contributed by atoms with Gasteiger partial charge in [-0.25, -0.2) is 0 Å². The van der Waals surface area contributed by atoms with E-state index in [4.69, 9.17) is 5.73 Å². The Hall–Kier alpha value is -1.10. The summed E-state index contributed by atoms with van der Waals surface area (Å²) in [6.07, 6.45) is 6.40. The molecule has 102 valence electrons. The monoisotopic (exact) mass is 253 g/mol. The largest absolute Gasteiger partial charge is 0.354 e. The summed E-state index contributed by atoms with van der Waals surface area (Å²) < 4.78 is 0. The second-order valence-corrected chi connectivity index (χ2v) is 5.52. The van der Waals surface area contributed by atoms with Gasteiger partial charge in [-0.1, -0.05) is 12.8 Å². The Balaban J connectivity index is 1.66. The molecule has 2 amide bonds. The van der Waals surface area contributed by atoms with E-state index >= 15 is 0 Å². The van der Waals surface area contributed by atoms with E-state index in [-0.39, 0.29) is 23.9 Å². The highest BCUT2D eigenvalue weighted by Gasteiger charge is 2.25. The predicted octanol–water partition coefficient (Wildman–Crippen LogP) is 0.289. The zero-order valence-electron chi connectivity index (χ0n) is 10.8. The molecule has 0 aromatic carbocycles. The van der Waals surface area contributed by atoms with Crippen molar-refractivity contribution in [1.82, 2.24) is 10.6 Å². The molecule has 4 N–H and O–H groups in total. The lowest BCUT2D eigenvalue weighted by molar-refractivity contribution is -0.123. The molecule has 0 bridgehead atoms. The van der Waals surface area contributed by atoms with Crippen molar-refractivity contribution < 1.29 is 9.59 Å². The maximum Gasteiger partial charge on any atom is 0.220 e. The van der Waals surface area contributed by atoms with Crippen molar-refractivity contribution in [2.75, 3.05) is 6.54 Å². The zero-order valence-corrected chi connectivity index (χ0v) is 10.8. The average molecular weight is 253 g/mol. The Morgan fingerprint density at radius 3 is 2.78 bits per heavy atom. The van der Waals surface area contributed by atoms with Crippen molar-refractivity contribution in [3.63, 3.8) is 0 Å². The lowest BCUT2D eigenvalue weighted by Gasteiger charge is -2.28. The molecule has 2 aliphatic rings. The highest BCUT2D eigenvalue weighted by Crippen LogP contribution is 2.25. The standard InChI is InChI=1S/C13H23N3O2/c14-11-4-2-1-3-9(11)7-13(18)15-8-10-5-6-12(17)16-10/h9-11H,1-8,14H2,(H,15,18)(H,16,17). The minimum atomic E-state index is 0.0681. The number of nitrogens with two attached hydrogens (primary N) is 1. The highest BCUT2D eigenvalue weighted by atomic mass is 16.2. The summed E-state index contributed by atoms with van der Waals surface area (Å²) in [6.45, 7) is 0.548. The second kappa shape index (κ2) is 6.18. The molecule has 5 heteroatoms.